The van der Waals surface area contributed by atoms with Gasteiger partial charge < -0.3 is 10.6 Å². The van der Waals surface area contributed by atoms with Crippen LogP contribution in [0.1, 0.15) is 51.4 Å². The zero-order chi connectivity index (χ0) is 14.2. The van der Waals surface area contributed by atoms with Crippen molar-refractivity contribution in [2.24, 2.45) is 11.8 Å². The van der Waals surface area contributed by atoms with Crippen molar-refractivity contribution in [2.75, 3.05) is 23.7 Å². The van der Waals surface area contributed by atoms with Crippen LogP contribution in [0.5, 0.6) is 0 Å². The second-order valence-corrected chi connectivity index (χ2v) is 6.26. The molecule has 1 aromatic heterocycles. The summed E-state index contributed by atoms with van der Waals surface area (Å²) >= 11 is 0. The Morgan fingerprint density at radius 1 is 1.21 bits per heavy atom. The molecule has 4 heteroatoms. The average Bonchev–Trinajstić information content (AvgIpc) is 2.35. The van der Waals surface area contributed by atoms with E-state index in [1.54, 1.807) is 0 Å². The summed E-state index contributed by atoms with van der Waals surface area (Å²) in [7, 11) is 0. The van der Waals surface area contributed by atoms with Gasteiger partial charge in [0.2, 0.25) is 0 Å². The molecule has 0 saturated carbocycles. The van der Waals surface area contributed by atoms with Crippen molar-refractivity contribution in [1.82, 2.24) is 9.97 Å². The SMILES string of the molecule is Cc1c(N)nc(C(C)C)nc1N1CCC(C)C(C)C1. The van der Waals surface area contributed by atoms with Crippen LogP contribution in [-0.2, 0) is 0 Å². The van der Waals surface area contributed by atoms with Crippen molar-refractivity contribution in [1.29, 1.82) is 0 Å². The molecule has 0 radical (unpaired) electrons. The van der Waals surface area contributed by atoms with Gasteiger partial charge in [0.05, 0.1) is 0 Å². The molecule has 0 spiro atoms. The highest BCUT2D eigenvalue weighted by Crippen LogP contribution is 2.30. The van der Waals surface area contributed by atoms with Crippen LogP contribution in [0.25, 0.3) is 0 Å². The van der Waals surface area contributed by atoms with Crippen LogP contribution >= 0.6 is 0 Å². The third kappa shape index (κ3) is 2.82. The Labute approximate surface area is 116 Å². The van der Waals surface area contributed by atoms with Gasteiger partial charge in [-0.3, -0.25) is 0 Å². The first-order valence-corrected chi connectivity index (χ1v) is 7.29. The Hall–Kier alpha value is -1.32. The van der Waals surface area contributed by atoms with Gasteiger partial charge in [-0.1, -0.05) is 27.7 Å². The first-order valence-electron chi connectivity index (χ1n) is 7.29. The topological polar surface area (TPSA) is 55.0 Å². The van der Waals surface area contributed by atoms with E-state index in [2.05, 4.69) is 37.6 Å². The van der Waals surface area contributed by atoms with Gasteiger partial charge >= 0.3 is 0 Å². The summed E-state index contributed by atoms with van der Waals surface area (Å²) in [4.78, 5) is 11.5. The summed E-state index contributed by atoms with van der Waals surface area (Å²) in [5.74, 6) is 4.31. The minimum atomic E-state index is 0.308. The highest BCUT2D eigenvalue weighted by Gasteiger charge is 2.25. The number of hydrogen-bond donors (Lipinski definition) is 1. The maximum atomic E-state index is 6.05. The van der Waals surface area contributed by atoms with Crippen LogP contribution in [-0.4, -0.2) is 23.1 Å². The van der Waals surface area contributed by atoms with E-state index in [1.165, 1.54) is 6.42 Å². The molecule has 4 nitrogen and oxygen atoms in total. The Morgan fingerprint density at radius 3 is 2.47 bits per heavy atom. The van der Waals surface area contributed by atoms with Crippen molar-refractivity contribution in [3.05, 3.63) is 11.4 Å². The first-order chi connectivity index (χ1) is 8.90. The number of nitrogens with zero attached hydrogens (tertiary/aromatic N) is 3. The third-order valence-electron chi connectivity index (χ3n) is 4.33. The quantitative estimate of drug-likeness (QED) is 0.890. The van der Waals surface area contributed by atoms with E-state index in [9.17, 15) is 0 Å². The number of nitrogens with two attached hydrogens (primary N) is 1. The number of aromatic nitrogens is 2. The molecule has 0 bridgehead atoms. The molecule has 2 atom stereocenters. The average molecular weight is 262 g/mol. The van der Waals surface area contributed by atoms with E-state index in [1.807, 2.05) is 6.92 Å². The molecule has 0 aromatic carbocycles. The van der Waals surface area contributed by atoms with Gasteiger partial charge in [-0.05, 0) is 25.2 Å². The van der Waals surface area contributed by atoms with Crippen LogP contribution < -0.4 is 10.6 Å². The Balaban J connectivity index is 2.33. The molecule has 0 amide bonds. The lowest BCUT2D eigenvalue weighted by Crippen LogP contribution is -2.39. The molecule has 1 saturated heterocycles. The highest BCUT2D eigenvalue weighted by molar-refractivity contribution is 5.56. The molecule has 1 aliphatic rings. The zero-order valence-corrected chi connectivity index (χ0v) is 12.8. The van der Waals surface area contributed by atoms with Crippen LogP contribution in [0.2, 0.25) is 0 Å². The number of nitrogen functional groups attached to an aromatic ring is 1. The standard InChI is InChI=1S/C15H26N4/c1-9(2)14-17-13(16)12(5)15(18-14)19-7-6-10(3)11(4)8-19/h9-11H,6-8H2,1-5H3,(H2,16,17,18). The monoisotopic (exact) mass is 262 g/mol. The maximum Gasteiger partial charge on any atom is 0.137 e. The van der Waals surface area contributed by atoms with E-state index in [0.717, 1.165) is 36.2 Å². The summed E-state index contributed by atoms with van der Waals surface area (Å²) in [6.07, 6.45) is 1.22. The van der Waals surface area contributed by atoms with E-state index in [0.29, 0.717) is 17.7 Å². The van der Waals surface area contributed by atoms with E-state index < -0.39 is 0 Å². The molecule has 1 aromatic rings. The zero-order valence-electron chi connectivity index (χ0n) is 12.8. The van der Waals surface area contributed by atoms with Crippen molar-refractivity contribution >= 4 is 11.6 Å². The summed E-state index contributed by atoms with van der Waals surface area (Å²) in [5, 5.41) is 0. The van der Waals surface area contributed by atoms with Crippen molar-refractivity contribution < 1.29 is 0 Å². The van der Waals surface area contributed by atoms with E-state index in [-0.39, 0.29) is 0 Å². The highest BCUT2D eigenvalue weighted by atomic mass is 15.2. The largest absolute Gasteiger partial charge is 0.383 e. The van der Waals surface area contributed by atoms with E-state index in [4.69, 9.17) is 10.7 Å². The van der Waals surface area contributed by atoms with Crippen molar-refractivity contribution in [3.8, 4) is 0 Å². The van der Waals surface area contributed by atoms with Gasteiger partial charge in [0, 0.05) is 24.6 Å². The van der Waals surface area contributed by atoms with Gasteiger partial charge in [-0.25, -0.2) is 9.97 Å². The fraction of sp³-hybridized carbons (Fsp3) is 0.733. The van der Waals surface area contributed by atoms with Gasteiger partial charge in [0.15, 0.2) is 0 Å². The second kappa shape index (κ2) is 5.35. The fourth-order valence-electron chi connectivity index (χ4n) is 2.56. The molecule has 2 N–H and O–H groups in total. The van der Waals surface area contributed by atoms with Gasteiger partial charge in [-0.2, -0.15) is 0 Å². The number of hydrogen-bond acceptors (Lipinski definition) is 4. The number of anilines is 2. The first kappa shape index (κ1) is 14.1. The van der Waals surface area contributed by atoms with Crippen LogP contribution in [0, 0.1) is 18.8 Å². The Kier molecular flexibility index (Phi) is 3.97. The predicted molar refractivity (Wildman–Crippen MR) is 80.4 cm³/mol. The number of piperidine rings is 1. The number of rotatable bonds is 2. The summed E-state index contributed by atoms with van der Waals surface area (Å²) in [6.45, 7) is 13.0. The lowest BCUT2D eigenvalue weighted by Gasteiger charge is -2.37. The molecule has 2 unspecified atom stereocenters. The normalized spacial score (nSPS) is 24.0. The lowest BCUT2D eigenvalue weighted by molar-refractivity contribution is 0.322. The smallest absolute Gasteiger partial charge is 0.137 e. The van der Waals surface area contributed by atoms with Crippen LogP contribution in [0.4, 0.5) is 11.6 Å². The minimum absolute atomic E-state index is 0.308. The summed E-state index contributed by atoms with van der Waals surface area (Å²) in [6, 6.07) is 0. The van der Waals surface area contributed by atoms with Crippen LogP contribution in [0.15, 0.2) is 0 Å². The molecular formula is C15H26N4. The molecule has 2 rings (SSSR count). The predicted octanol–water partition coefficient (Wildman–Crippen LogP) is 2.97. The van der Waals surface area contributed by atoms with Gasteiger partial charge in [0.25, 0.3) is 0 Å². The van der Waals surface area contributed by atoms with E-state index >= 15 is 0 Å². The third-order valence-corrected chi connectivity index (χ3v) is 4.33. The van der Waals surface area contributed by atoms with Gasteiger partial charge in [-0.15, -0.1) is 0 Å². The second-order valence-electron chi connectivity index (χ2n) is 6.26. The molecule has 19 heavy (non-hydrogen) atoms. The van der Waals surface area contributed by atoms with Crippen LogP contribution in [0.3, 0.4) is 0 Å². The lowest BCUT2D eigenvalue weighted by atomic mass is 9.88. The summed E-state index contributed by atoms with van der Waals surface area (Å²) < 4.78 is 0. The molecule has 0 aliphatic carbocycles. The van der Waals surface area contributed by atoms with Crippen molar-refractivity contribution in [2.45, 2.75) is 47.0 Å². The Morgan fingerprint density at radius 2 is 1.89 bits per heavy atom. The van der Waals surface area contributed by atoms with Gasteiger partial charge in [0.1, 0.15) is 17.5 Å². The molecule has 106 valence electrons. The molecule has 1 aliphatic heterocycles. The molecule has 1 fully saturated rings. The maximum absolute atomic E-state index is 6.05. The fourth-order valence-corrected chi connectivity index (χ4v) is 2.56. The Bertz CT molecular complexity index is 456. The minimum Gasteiger partial charge on any atom is -0.383 e. The molecule has 2 heterocycles. The summed E-state index contributed by atoms with van der Waals surface area (Å²) in [5.41, 5.74) is 7.07. The molecular weight excluding hydrogens is 236 g/mol. The van der Waals surface area contributed by atoms with Crippen molar-refractivity contribution in [3.63, 3.8) is 0 Å².